The summed E-state index contributed by atoms with van der Waals surface area (Å²) in [4.78, 5) is 15.2. The van der Waals surface area contributed by atoms with Gasteiger partial charge in [0, 0.05) is 25.7 Å². The number of fused-ring (bicyclic) bond motifs is 3. The van der Waals surface area contributed by atoms with Crippen LogP contribution in [0, 0.1) is 5.82 Å². The van der Waals surface area contributed by atoms with E-state index in [9.17, 15) is 9.50 Å². The maximum absolute atomic E-state index is 14.9. The van der Waals surface area contributed by atoms with Crippen molar-refractivity contribution in [3.8, 4) is 11.3 Å². The average molecular weight is 419 g/mol. The molecule has 9 heteroatoms. The van der Waals surface area contributed by atoms with Crippen LogP contribution >= 0.6 is 11.6 Å². The standard InChI is InChI=1S/C20H24ClFN6O/c1-11(20(2,3)29)24-18-23-10-13(21)16(25-18)12-8-14(22)17-15(9-12)28-7-5-6-27(4)19(28)26-17/h8-11,29H,5-7H2,1-4H3,(H,23,24,25)/t11-/m0/s1. The number of hydrogen-bond acceptors (Lipinski definition) is 6. The molecule has 1 aliphatic rings. The van der Waals surface area contributed by atoms with E-state index < -0.39 is 11.4 Å². The first-order chi connectivity index (χ1) is 13.6. The maximum atomic E-state index is 14.9. The SMILES string of the molecule is C[C@H](Nc1ncc(Cl)c(-c2cc(F)c3nc4n(c3c2)CCCN4C)n1)C(C)(C)O. The molecule has 7 nitrogen and oxygen atoms in total. The fraction of sp³-hybridized carbons (Fsp3) is 0.450. The van der Waals surface area contributed by atoms with Gasteiger partial charge in [-0.3, -0.25) is 0 Å². The Balaban J connectivity index is 1.79. The molecule has 0 amide bonds. The van der Waals surface area contributed by atoms with Crippen molar-refractivity contribution in [3.63, 3.8) is 0 Å². The van der Waals surface area contributed by atoms with E-state index in [4.69, 9.17) is 11.6 Å². The minimum absolute atomic E-state index is 0.298. The number of aromatic nitrogens is 4. The van der Waals surface area contributed by atoms with Gasteiger partial charge in [0.15, 0.2) is 5.82 Å². The molecule has 0 aliphatic carbocycles. The summed E-state index contributed by atoms with van der Waals surface area (Å²) in [5.41, 5.74) is 1.08. The van der Waals surface area contributed by atoms with Crippen LogP contribution in [0.1, 0.15) is 27.2 Å². The molecule has 0 fully saturated rings. The van der Waals surface area contributed by atoms with Gasteiger partial charge in [-0.1, -0.05) is 11.6 Å². The van der Waals surface area contributed by atoms with Crippen LogP contribution in [0.2, 0.25) is 5.02 Å². The highest BCUT2D eigenvalue weighted by Gasteiger charge is 2.24. The highest BCUT2D eigenvalue weighted by Crippen LogP contribution is 2.33. The Kier molecular flexibility index (Phi) is 4.86. The number of aryl methyl sites for hydroxylation is 1. The third-order valence-corrected chi connectivity index (χ3v) is 5.70. The van der Waals surface area contributed by atoms with Crippen molar-refractivity contribution in [2.45, 2.75) is 45.4 Å². The van der Waals surface area contributed by atoms with Crippen molar-refractivity contribution in [2.24, 2.45) is 0 Å². The first kappa shape index (κ1) is 19.8. The summed E-state index contributed by atoms with van der Waals surface area (Å²) in [5, 5.41) is 13.5. The summed E-state index contributed by atoms with van der Waals surface area (Å²) in [6.45, 7) is 6.91. The number of imidazole rings is 1. The summed E-state index contributed by atoms with van der Waals surface area (Å²) in [7, 11) is 1.96. The smallest absolute Gasteiger partial charge is 0.223 e. The first-order valence-corrected chi connectivity index (χ1v) is 9.95. The number of halogens is 2. The molecule has 3 heterocycles. The number of nitrogens with zero attached hydrogens (tertiary/aromatic N) is 5. The van der Waals surface area contributed by atoms with Crippen LogP contribution < -0.4 is 10.2 Å². The highest BCUT2D eigenvalue weighted by atomic mass is 35.5. The Morgan fingerprint density at radius 1 is 1.28 bits per heavy atom. The lowest BCUT2D eigenvalue weighted by Gasteiger charge is -2.26. The minimum atomic E-state index is -0.961. The molecular formula is C20H24ClFN6O. The predicted octanol–water partition coefficient (Wildman–Crippen LogP) is 3.70. The highest BCUT2D eigenvalue weighted by molar-refractivity contribution is 6.33. The summed E-state index contributed by atoms with van der Waals surface area (Å²) < 4.78 is 16.9. The lowest BCUT2D eigenvalue weighted by Crippen LogP contribution is -2.39. The zero-order valence-corrected chi connectivity index (χ0v) is 17.6. The van der Waals surface area contributed by atoms with Gasteiger partial charge in [0.1, 0.15) is 5.52 Å². The molecule has 4 rings (SSSR count). The summed E-state index contributed by atoms with van der Waals surface area (Å²) >= 11 is 6.35. The van der Waals surface area contributed by atoms with Crippen LogP contribution in [0.25, 0.3) is 22.3 Å². The Morgan fingerprint density at radius 3 is 2.76 bits per heavy atom. The van der Waals surface area contributed by atoms with Gasteiger partial charge in [-0.25, -0.2) is 19.3 Å². The summed E-state index contributed by atoms with van der Waals surface area (Å²) in [6.07, 6.45) is 2.45. The second-order valence-corrected chi connectivity index (χ2v) is 8.48. The number of anilines is 2. The third-order valence-electron chi connectivity index (χ3n) is 5.43. The molecule has 1 aliphatic heterocycles. The lowest BCUT2D eigenvalue weighted by atomic mass is 10.0. The van der Waals surface area contributed by atoms with E-state index in [1.54, 1.807) is 13.8 Å². The molecule has 29 heavy (non-hydrogen) atoms. The Morgan fingerprint density at radius 2 is 2.03 bits per heavy atom. The van der Waals surface area contributed by atoms with Gasteiger partial charge in [0.05, 0.1) is 34.1 Å². The number of benzene rings is 1. The fourth-order valence-corrected chi connectivity index (χ4v) is 3.59. The molecule has 0 saturated carbocycles. The molecule has 2 N–H and O–H groups in total. The molecule has 1 atom stereocenters. The normalized spacial score (nSPS) is 15.5. The quantitative estimate of drug-likeness (QED) is 0.672. The van der Waals surface area contributed by atoms with Crippen LogP contribution in [-0.2, 0) is 6.54 Å². The minimum Gasteiger partial charge on any atom is -0.388 e. The Labute approximate surface area is 173 Å². The van der Waals surface area contributed by atoms with E-state index in [1.807, 2.05) is 29.5 Å². The second-order valence-electron chi connectivity index (χ2n) is 8.07. The van der Waals surface area contributed by atoms with Crippen molar-refractivity contribution >= 4 is 34.5 Å². The van der Waals surface area contributed by atoms with Gasteiger partial charge in [0.25, 0.3) is 0 Å². The monoisotopic (exact) mass is 418 g/mol. The van der Waals surface area contributed by atoms with Crippen molar-refractivity contribution in [2.75, 3.05) is 23.8 Å². The largest absolute Gasteiger partial charge is 0.388 e. The van der Waals surface area contributed by atoms with Gasteiger partial charge < -0.3 is 19.9 Å². The van der Waals surface area contributed by atoms with Crippen LogP contribution in [-0.4, -0.2) is 49.9 Å². The van der Waals surface area contributed by atoms with Crippen LogP contribution in [0.15, 0.2) is 18.3 Å². The molecule has 0 saturated heterocycles. The number of nitrogens with one attached hydrogen (secondary N) is 1. The number of hydrogen-bond donors (Lipinski definition) is 2. The average Bonchev–Trinajstić information content (AvgIpc) is 3.03. The van der Waals surface area contributed by atoms with Crippen LogP contribution in [0.5, 0.6) is 0 Å². The Bertz CT molecular complexity index is 1080. The first-order valence-electron chi connectivity index (χ1n) is 9.58. The molecule has 2 aromatic heterocycles. The molecular weight excluding hydrogens is 395 g/mol. The molecule has 3 aromatic rings. The fourth-order valence-electron chi connectivity index (χ4n) is 3.39. The maximum Gasteiger partial charge on any atom is 0.223 e. The number of rotatable bonds is 4. The van der Waals surface area contributed by atoms with Gasteiger partial charge in [-0.2, -0.15) is 0 Å². The van der Waals surface area contributed by atoms with E-state index in [1.165, 1.54) is 12.3 Å². The molecule has 0 unspecified atom stereocenters. The van der Waals surface area contributed by atoms with E-state index in [2.05, 4.69) is 20.3 Å². The van der Waals surface area contributed by atoms with Gasteiger partial charge in [-0.05, 0) is 39.3 Å². The van der Waals surface area contributed by atoms with Crippen LogP contribution in [0.3, 0.4) is 0 Å². The van der Waals surface area contributed by atoms with Crippen LogP contribution in [0.4, 0.5) is 16.3 Å². The van der Waals surface area contributed by atoms with E-state index in [-0.39, 0.29) is 6.04 Å². The molecule has 0 radical (unpaired) electrons. The zero-order valence-electron chi connectivity index (χ0n) is 16.9. The van der Waals surface area contributed by atoms with E-state index in [0.717, 1.165) is 31.0 Å². The molecule has 0 spiro atoms. The molecule has 154 valence electrons. The zero-order chi connectivity index (χ0) is 20.9. The van der Waals surface area contributed by atoms with Crippen molar-refractivity contribution in [1.82, 2.24) is 19.5 Å². The Hall–Kier alpha value is -2.45. The van der Waals surface area contributed by atoms with Gasteiger partial charge >= 0.3 is 0 Å². The number of aliphatic hydroxyl groups is 1. The lowest BCUT2D eigenvalue weighted by molar-refractivity contribution is 0.0646. The van der Waals surface area contributed by atoms with Gasteiger partial charge in [-0.15, -0.1) is 0 Å². The summed E-state index contributed by atoms with van der Waals surface area (Å²) in [5.74, 6) is 0.661. The third kappa shape index (κ3) is 3.62. The van der Waals surface area contributed by atoms with Crippen molar-refractivity contribution in [3.05, 3.63) is 29.2 Å². The van der Waals surface area contributed by atoms with Gasteiger partial charge in [0.2, 0.25) is 11.9 Å². The van der Waals surface area contributed by atoms with Crippen molar-refractivity contribution < 1.29 is 9.50 Å². The van der Waals surface area contributed by atoms with Crippen molar-refractivity contribution in [1.29, 1.82) is 0 Å². The van der Waals surface area contributed by atoms with E-state index in [0.29, 0.717) is 27.7 Å². The summed E-state index contributed by atoms with van der Waals surface area (Å²) in [6, 6.07) is 2.97. The molecule has 0 bridgehead atoms. The van der Waals surface area contributed by atoms with E-state index >= 15 is 0 Å². The molecule has 1 aromatic carbocycles. The topological polar surface area (TPSA) is 79.1 Å². The second kappa shape index (κ2) is 7.11. The predicted molar refractivity (Wildman–Crippen MR) is 113 cm³/mol.